The van der Waals surface area contributed by atoms with E-state index in [2.05, 4.69) is 0 Å². The molecule has 1 heterocycles. The fourth-order valence-electron chi connectivity index (χ4n) is 1.88. The number of carboxylic acids is 1. The van der Waals surface area contributed by atoms with E-state index in [9.17, 15) is 4.79 Å². The second-order valence-corrected chi connectivity index (χ2v) is 4.67. The molecule has 1 aliphatic heterocycles. The van der Waals surface area contributed by atoms with Crippen LogP contribution in [-0.2, 0) is 9.53 Å². The summed E-state index contributed by atoms with van der Waals surface area (Å²) in [7, 11) is 1.89. The zero-order valence-corrected chi connectivity index (χ0v) is 9.82. The molecule has 1 rings (SSSR count). The van der Waals surface area contributed by atoms with Crippen molar-refractivity contribution in [3.63, 3.8) is 0 Å². The Labute approximate surface area is 91.2 Å². The van der Waals surface area contributed by atoms with E-state index >= 15 is 0 Å². The maximum absolute atomic E-state index is 11.1. The topological polar surface area (TPSA) is 49.8 Å². The molecule has 0 spiro atoms. The Morgan fingerprint density at radius 2 is 2.07 bits per heavy atom. The summed E-state index contributed by atoms with van der Waals surface area (Å²) in [5.74, 6) is -0.768. The standard InChI is InChI=1S/C11H21NO3/c1-11(2,10(13)14)12(3)9-5-4-7-15-8-6-9/h9H,4-8H2,1-3H3,(H,13,14). The predicted molar refractivity (Wildman–Crippen MR) is 57.9 cm³/mol. The largest absolute Gasteiger partial charge is 0.480 e. The smallest absolute Gasteiger partial charge is 0.323 e. The number of rotatable bonds is 3. The number of hydrogen-bond donors (Lipinski definition) is 1. The second-order valence-electron chi connectivity index (χ2n) is 4.67. The molecule has 0 aromatic carbocycles. The lowest BCUT2D eigenvalue weighted by molar-refractivity contribution is -0.150. The van der Waals surface area contributed by atoms with Gasteiger partial charge in [-0.25, -0.2) is 0 Å². The summed E-state index contributed by atoms with van der Waals surface area (Å²) in [4.78, 5) is 13.1. The van der Waals surface area contributed by atoms with Crippen molar-refractivity contribution in [3.05, 3.63) is 0 Å². The van der Waals surface area contributed by atoms with Crippen molar-refractivity contribution in [2.24, 2.45) is 0 Å². The molecule has 15 heavy (non-hydrogen) atoms. The average molecular weight is 215 g/mol. The molecular formula is C11H21NO3. The molecule has 1 aliphatic rings. The molecule has 88 valence electrons. The maximum Gasteiger partial charge on any atom is 0.323 e. The van der Waals surface area contributed by atoms with Crippen LogP contribution in [0.5, 0.6) is 0 Å². The number of ether oxygens (including phenoxy) is 1. The molecule has 0 bridgehead atoms. The molecule has 0 amide bonds. The molecular weight excluding hydrogens is 194 g/mol. The molecule has 0 saturated carbocycles. The van der Waals surface area contributed by atoms with Gasteiger partial charge in [-0.15, -0.1) is 0 Å². The van der Waals surface area contributed by atoms with Gasteiger partial charge in [0.2, 0.25) is 0 Å². The number of hydrogen-bond acceptors (Lipinski definition) is 3. The van der Waals surface area contributed by atoms with E-state index in [0.717, 1.165) is 32.5 Å². The third-order valence-electron chi connectivity index (χ3n) is 3.37. The first-order valence-electron chi connectivity index (χ1n) is 5.50. The molecule has 1 saturated heterocycles. The number of likely N-dealkylation sites (N-methyl/N-ethyl adjacent to an activating group) is 1. The molecule has 0 aliphatic carbocycles. The molecule has 1 fully saturated rings. The minimum atomic E-state index is -0.797. The van der Waals surface area contributed by atoms with Gasteiger partial charge in [-0.05, 0) is 40.2 Å². The van der Waals surface area contributed by atoms with Crippen LogP contribution in [0, 0.1) is 0 Å². The zero-order chi connectivity index (χ0) is 11.5. The van der Waals surface area contributed by atoms with Crippen molar-refractivity contribution in [1.82, 2.24) is 4.90 Å². The second kappa shape index (κ2) is 4.94. The summed E-state index contributed by atoms with van der Waals surface area (Å²) >= 11 is 0. The lowest BCUT2D eigenvalue weighted by Crippen LogP contribution is -2.52. The van der Waals surface area contributed by atoms with E-state index in [1.165, 1.54) is 0 Å². The van der Waals surface area contributed by atoms with Gasteiger partial charge in [0.1, 0.15) is 5.54 Å². The van der Waals surface area contributed by atoms with Crippen LogP contribution in [0.3, 0.4) is 0 Å². The SMILES string of the molecule is CN(C1CCCOCC1)C(C)(C)C(=O)O. The third-order valence-corrected chi connectivity index (χ3v) is 3.37. The Morgan fingerprint density at radius 1 is 1.40 bits per heavy atom. The number of nitrogens with zero attached hydrogens (tertiary/aromatic N) is 1. The van der Waals surface area contributed by atoms with Gasteiger partial charge in [-0.2, -0.15) is 0 Å². The van der Waals surface area contributed by atoms with Crippen molar-refractivity contribution >= 4 is 5.97 Å². The Morgan fingerprint density at radius 3 is 2.67 bits per heavy atom. The van der Waals surface area contributed by atoms with Crippen molar-refractivity contribution in [2.75, 3.05) is 20.3 Å². The molecule has 4 heteroatoms. The minimum Gasteiger partial charge on any atom is -0.480 e. The van der Waals surface area contributed by atoms with E-state index in [1.807, 2.05) is 11.9 Å². The van der Waals surface area contributed by atoms with Crippen molar-refractivity contribution < 1.29 is 14.6 Å². The zero-order valence-electron chi connectivity index (χ0n) is 9.82. The number of carbonyl (C=O) groups is 1. The fourth-order valence-corrected chi connectivity index (χ4v) is 1.88. The minimum absolute atomic E-state index is 0.318. The summed E-state index contributed by atoms with van der Waals surface area (Å²) in [5.41, 5.74) is -0.797. The van der Waals surface area contributed by atoms with Crippen molar-refractivity contribution in [3.8, 4) is 0 Å². The highest BCUT2D eigenvalue weighted by Gasteiger charge is 2.36. The molecule has 0 aromatic heterocycles. The number of aliphatic carboxylic acids is 1. The Kier molecular flexibility index (Phi) is 4.11. The van der Waals surface area contributed by atoms with Crippen molar-refractivity contribution in [2.45, 2.75) is 44.7 Å². The van der Waals surface area contributed by atoms with E-state index < -0.39 is 11.5 Å². The fraction of sp³-hybridized carbons (Fsp3) is 0.909. The first-order valence-corrected chi connectivity index (χ1v) is 5.50. The number of carboxylic acid groups (broad SMARTS) is 1. The Bertz CT molecular complexity index is 220. The summed E-state index contributed by atoms with van der Waals surface area (Å²) in [6.07, 6.45) is 2.96. The summed E-state index contributed by atoms with van der Waals surface area (Å²) in [5, 5.41) is 9.14. The van der Waals surface area contributed by atoms with Crippen LogP contribution in [0.1, 0.15) is 33.1 Å². The quantitative estimate of drug-likeness (QED) is 0.772. The average Bonchev–Trinajstić information content (AvgIpc) is 2.44. The van der Waals surface area contributed by atoms with Gasteiger partial charge in [0.05, 0.1) is 0 Å². The van der Waals surface area contributed by atoms with Crippen LogP contribution in [-0.4, -0.2) is 47.8 Å². The normalized spacial score (nSPS) is 23.9. The monoisotopic (exact) mass is 215 g/mol. The molecule has 1 unspecified atom stereocenters. The van der Waals surface area contributed by atoms with Gasteiger partial charge < -0.3 is 9.84 Å². The predicted octanol–water partition coefficient (Wildman–Crippen LogP) is 1.35. The first kappa shape index (κ1) is 12.5. The van der Waals surface area contributed by atoms with Crippen LogP contribution in [0.2, 0.25) is 0 Å². The third kappa shape index (κ3) is 2.92. The Hall–Kier alpha value is -0.610. The summed E-state index contributed by atoms with van der Waals surface area (Å²) in [6.45, 7) is 5.05. The molecule has 0 radical (unpaired) electrons. The Balaban J connectivity index is 2.64. The lowest BCUT2D eigenvalue weighted by atomic mass is 9.98. The first-order chi connectivity index (χ1) is 6.96. The summed E-state index contributed by atoms with van der Waals surface area (Å²) in [6, 6.07) is 0.318. The van der Waals surface area contributed by atoms with Gasteiger partial charge >= 0.3 is 5.97 Å². The summed E-state index contributed by atoms with van der Waals surface area (Å²) < 4.78 is 5.37. The van der Waals surface area contributed by atoms with E-state index in [0.29, 0.717) is 6.04 Å². The van der Waals surface area contributed by atoms with E-state index in [-0.39, 0.29) is 0 Å². The lowest BCUT2D eigenvalue weighted by Gasteiger charge is -2.37. The highest BCUT2D eigenvalue weighted by Crippen LogP contribution is 2.22. The van der Waals surface area contributed by atoms with Gasteiger partial charge in [-0.3, -0.25) is 9.69 Å². The van der Waals surface area contributed by atoms with Gasteiger partial charge in [0.25, 0.3) is 0 Å². The van der Waals surface area contributed by atoms with E-state index in [4.69, 9.17) is 9.84 Å². The van der Waals surface area contributed by atoms with Crippen LogP contribution in [0.4, 0.5) is 0 Å². The van der Waals surface area contributed by atoms with Crippen molar-refractivity contribution in [1.29, 1.82) is 0 Å². The highest BCUT2D eigenvalue weighted by molar-refractivity contribution is 5.77. The van der Waals surface area contributed by atoms with Gasteiger partial charge in [-0.1, -0.05) is 0 Å². The van der Waals surface area contributed by atoms with Crippen LogP contribution in [0.25, 0.3) is 0 Å². The molecule has 0 aromatic rings. The highest BCUT2D eigenvalue weighted by atomic mass is 16.5. The van der Waals surface area contributed by atoms with Crippen LogP contribution >= 0.6 is 0 Å². The van der Waals surface area contributed by atoms with Crippen LogP contribution in [0.15, 0.2) is 0 Å². The molecule has 4 nitrogen and oxygen atoms in total. The maximum atomic E-state index is 11.1. The van der Waals surface area contributed by atoms with E-state index in [1.54, 1.807) is 13.8 Å². The molecule has 1 N–H and O–H groups in total. The van der Waals surface area contributed by atoms with Gasteiger partial charge in [0, 0.05) is 19.3 Å². The van der Waals surface area contributed by atoms with Crippen LogP contribution < -0.4 is 0 Å². The van der Waals surface area contributed by atoms with Gasteiger partial charge in [0.15, 0.2) is 0 Å². The molecule has 1 atom stereocenters.